The maximum Gasteiger partial charge on any atom is 0.317 e. The van der Waals surface area contributed by atoms with Gasteiger partial charge in [0.1, 0.15) is 4.21 Å². The van der Waals surface area contributed by atoms with Crippen molar-refractivity contribution < 1.29 is 13.2 Å². The van der Waals surface area contributed by atoms with Gasteiger partial charge in [-0.25, -0.2) is 13.2 Å². The molecular formula is C12H17N3O3S2. The number of carbonyl (C=O) groups is 1. The highest BCUT2D eigenvalue weighted by Gasteiger charge is 2.58. The first kappa shape index (κ1) is 13.8. The fourth-order valence-corrected chi connectivity index (χ4v) is 5.37. The summed E-state index contributed by atoms with van der Waals surface area (Å²) in [5.41, 5.74) is 0. The lowest BCUT2D eigenvalue weighted by molar-refractivity contribution is 0.215. The molecule has 8 heteroatoms. The first-order chi connectivity index (χ1) is 9.41. The highest BCUT2D eigenvalue weighted by atomic mass is 32.2. The molecule has 0 radical (unpaired) electrons. The third kappa shape index (κ3) is 2.21. The number of nitrogens with zero attached hydrogens (tertiary/aromatic N) is 2. The van der Waals surface area contributed by atoms with Crippen LogP contribution in [0.4, 0.5) is 4.79 Å². The molecule has 110 valence electrons. The molecule has 1 aliphatic carbocycles. The van der Waals surface area contributed by atoms with Crippen LogP contribution in [0.3, 0.4) is 0 Å². The molecule has 2 heterocycles. The number of hydrogen-bond acceptors (Lipinski definition) is 4. The summed E-state index contributed by atoms with van der Waals surface area (Å²) in [4.78, 5) is 13.1. The van der Waals surface area contributed by atoms with Crippen molar-refractivity contribution in [1.82, 2.24) is 14.5 Å². The van der Waals surface area contributed by atoms with Crippen LogP contribution in [0, 0.1) is 11.8 Å². The summed E-state index contributed by atoms with van der Waals surface area (Å²) in [5, 5.41) is 4.70. The van der Waals surface area contributed by atoms with Gasteiger partial charge in [-0.2, -0.15) is 4.31 Å². The van der Waals surface area contributed by atoms with Crippen molar-refractivity contribution in [3.05, 3.63) is 17.5 Å². The lowest BCUT2D eigenvalue weighted by Gasteiger charge is -2.20. The number of urea groups is 1. The standard InChI is InChI=1S/C12H17N3O3S2/c1-14(2)12(16)13-11-8-6-15(7-9(8)11)20(17,18)10-4-3-5-19-10/h3-5,8-9,11H,6-7H2,1-2H3,(H,13,16)/t8-,9+,11?. The van der Waals surface area contributed by atoms with Crippen LogP contribution in [0.2, 0.25) is 0 Å². The summed E-state index contributed by atoms with van der Waals surface area (Å²) in [5.74, 6) is 0.516. The topological polar surface area (TPSA) is 69.7 Å². The molecule has 2 amide bonds. The molecule has 2 fully saturated rings. The zero-order valence-electron chi connectivity index (χ0n) is 11.3. The molecule has 0 spiro atoms. The Kier molecular flexibility index (Phi) is 3.26. The Morgan fingerprint density at radius 1 is 1.40 bits per heavy atom. The van der Waals surface area contributed by atoms with Crippen LogP contribution in [0.5, 0.6) is 0 Å². The summed E-state index contributed by atoms with van der Waals surface area (Å²) in [7, 11) is 0.0536. The highest BCUT2D eigenvalue weighted by molar-refractivity contribution is 7.91. The van der Waals surface area contributed by atoms with Crippen LogP contribution < -0.4 is 5.32 Å². The number of rotatable bonds is 3. The summed E-state index contributed by atoms with van der Waals surface area (Å²) in [6, 6.07) is 3.39. The van der Waals surface area contributed by atoms with Crippen molar-refractivity contribution in [3.8, 4) is 0 Å². The van der Waals surface area contributed by atoms with Gasteiger partial charge in [-0.15, -0.1) is 11.3 Å². The van der Waals surface area contributed by atoms with Gasteiger partial charge in [-0.3, -0.25) is 0 Å². The van der Waals surface area contributed by atoms with Gasteiger partial charge in [0.15, 0.2) is 0 Å². The van der Waals surface area contributed by atoms with Gasteiger partial charge in [-0.05, 0) is 23.3 Å². The largest absolute Gasteiger partial charge is 0.335 e. The van der Waals surface area contributed by atoms with E-state index in [0.717, 1.165) is 0 Å². The highest BCUT2D eigenvalue weighted by Crippen LogP contribution is 2.47. The van der Waals surface area contributed by atoms with E-state index in [1.54, 1.807) is 31.6 Å². The van der Waals surface area contributed by atoms with E-state index in [9.17, 15) is 13.2 Å². The van der Waals surface area contributed by atoms with Crippen molar-refractivity contribution in [3.63, 3.8) is 0 Å². The Morgan fingerprint density at radius 2 is 2.05 bits per heavy atom. The van der Waals surface area contributed by atoms with E-state index in [-0.39, 0.29) is 23.9 Å². The fraction of sp³-hybridized carbons (Fsp3) is 0.583. The van der Waals surface area contributed by atoms with E-state index in [1.165, 1.54) is 20.5 Å². The fourth-order valence-electron chi connectivity index (χ4n) is 2.71. The first-order valence-electron chi connectivity index (χ1n) is 6.42. The maximum atomic E-state index is 12.3. The third-order valence-electron chi connectivity index (χ3n) is 3.95. The molecule has 6 nitrogen and oxygen atoms in total. The van der Waals surface area contributed by atoms with E-state index in [0.29, 0.717) is 17.3 Å². The molecule has 3 rings (SSSR count). The molecule has 1 aliphatic heterocycles. The zero-order valence-corrected chi connectivity index (χ0v) is 12.9. The van der Waals surface area contributed by atoms with Crippen molar-refractivity contribution in [1.29, 1.82) is 0 Å². The normalized spacial score (nSPS) is 29.0. The molecule has 1 N–H and O–H groups in total. The number of thiophene rings is 1. The summed E-state index contributed by atoms with van der Waals surface area (Å²) in [6.07, 6.45) is 0. The monoisotopic (exact) mass is 315 g/mol. The van der Waals surface area contributed by atoms with Gasteiger partial charge in [0.25, 0.3) is 10.0 Å². The molecule has 20 heavy (non-hydrogen) atoms. The van der Waals surface area contributed by atoms with Crippen molar-refractivity contribution in [2.24, 2.45) is 11.8 Å². The maximum absolute atomic E-state index is 12.3. The van der Waals surface area contributed by atoms with E-state index in [2.05, 4.69) is 5.32 Å². The molecule has 0 aromatic carbocycles. The Bertz CT molecular complexity index is 600. The van der Waals surface area contributed by atoms with Gasteiger partial charge in [0.2, 0.25) is 0 Å². The molecule has 1 unspecified atom stereocenters. The molecule has 2 aliphatic rings. The van der Waals surface area contributed by atoms with E-state index < -0.39 is 10.0 Å². The second kappa shape index (κ2) is 4.71. The second-order valence-electron chi connectivity index (χ2n) is 5.45. The van der Waals surface area contributed by atoms with Crippen molar-refractivity contribution >= 4 is 27.4 Å². The number of piperidine rings is 1. The Labute approximate surface area is 122 Å². The average Bonchev–Trinajstić information content (AvgIpc) is 2.87. The zero-order chi connectivity index (χ0) is 14.5. The van der Waals surface area contributed by atoms with Crippen LogP contribution in [0.15, 0.2) is 21.7 Å². The average molecular weight is 315 g/mol. The van der Waals surface area contributed by atoms with Crippen LogP contribution in [0.1, 0.15) is 0 Å². The van der Waals surface area contributed by atoms with Crippen LogP contribution in [-0.2, 0) is 10.0 Å². The number of hydrogen-bond donors (Lipinski definition) is 1. The van der Waals surface area contributed by atoms with E-state index in [4.69, 9.17) is 0 Å². The summed E-state index contributed by atoms with van der Waals surface area (Å²) >= 11 is 1.24. The van der Waals surface area contributed by atoms with Gasteiger partial charge in [0, 0.05) is 33.2 Å². The number of amides is 2. The van der Waals surface area contributed by atoms with Gasteiger partial charge in [-0.1, -0.05) is 6.07 Å². The molecular weight excluding hydrogens is 298 g/mol. The van der Waals surface area contributed by atoms with E-state index in [1.807, 2.05) is 0 Å². The van der Waals surface area contributed by atoms with Crippen LogP contribution in [0.25, 0.3) is 0 Å². The second-order valence-corrected chi connectivity index (χ2v) is 8.56. The van der Waals surface area contributed by atoms with Gasteiger partial charge in [0.05, 0.1) is 0 Å². The van der Waals surface area contributed by atoms with E-state index >= 15 is 0 Å². The molecule has 1 saturated carbocycles. The summed E-state index contributed by atoms with van der Waals surface area (Å²) in [6.45, 7) is 1.01. The molecule has 1 saturated heterocycles. The SMILES string of the molecule is CN(C)C(=O)NC1[C@H]2CN(S(=O)(=O)c3cccs3)C[C@@H]12. The smallest absolute Gasteiger partial charge is 0.317 e. The predicted molar refractivity (Wildman–Crippen MR) is 76.1 cm³/mol. The number of carbonyl (C=O) groups excluding carboxylic acids is 1. The Hall–Kier alpha value is -1.12. The predicted octanol–water partition coefficient (Wildman–Crippen LogP) is 0.638. The molecule has 0 bridgehead atoms. The molecule has 3 atom stereocenters. The van der Waals surface area contributed by atoms with Crippen LogP contribution >= 0.6 is 11.3 Å². The minimum Gasteiger partial charge on any atom is -0.335 e. The third-order valence-corrected chi connectivity index (χ3v) is 7.15. The lowest BCUT2D eigenvalue weighted by atomic mass is 10.4. The quantitative estimate of drug-likeness (QED) is 0.890. The Balaban J connectivity index is 1.61. The summed E-state index contributed by atoms with van der Waals surface area (Å²) < 4.78 is 26.6. The first-order valence-corrected chi connectivity index (χ1v) is 8.74. The molecule has 1 aromatic heterocycles. The van der Waals surface area contributed by atoms with Gasteiger partial charge < -0.3 is 10.2 Å². The number of nitrogens with one attached hydrogen (secondary N) is 1. The lowest BCUT2D eigenvalue weighted by Crippen LogP contribution is -2.41. The van der Waals surface area contributed by atoms with Crippen molar-refractivity contribution in [2.75, 3.05) is 27.2 Å². The van der Waals surface area contributed by atoms with Crippen molar-refractivity contribution in [2.45, 2.75) is 10.3 Å². The minimum atomic E-state index is -3.34. The molecule has 1 aromatic rings. The number of fused-ring (bicyclic) bond motifs is 1. The van der Waals surface area contributed by atoms with Crippen LogP contribution in [-0.4, -0.2) is 56.9 Å². The Morgan fingerprint density at radius 3 is 2.55 bits per heavy atom. The minimum absolute atomic E-state index is 0.114. The van der Waals surface area contributed by atoms with Gasteiger partial charge >= 0.3 is 6.03 Å². The number of sulfonamides is 1.